The number of aryl methyl sites for hydroxylation is 1. The number of sulfonamides is 1. The summed E-state index contributed by atoms with van der Waals surface area (Å²) < 4.78 is 40.7. The highest BCUT2D eigenvalue weighted by Crippen LogP contribution is 2.26. The van der Waals surface area contributed by atoms with Crippen LogP contribution in [0.5, 0.6) is 0 Å². The number of nitrogens with two attached hydrogens (primary N) is 1. The Morgan fingerprint density at radius 3 is 2.68 bits per heavy atom. The normalized spacial score (nSPS) is 11.5. The van der Waals surface area contributed by atoms with E-state index in [2.05, 4.69) is 9.71 Å². The second-order valence-corrected chi connectivity index (χ2v) is 5.78. The predicted octanol–water partition coefficient (Wildman–Crippen LogP) is 1.60. The minimum absolute atomic E-state index is 0.0516. The fraction of sp³-hybridized carbons (Fsp3) is 0.100. The van der Waals surface area contributed by atoms with Gasteiger partial charge in [-0.2, -0.15) is 8.42 Å². The third-order valence-electron chi connectivity index (χ3n) is 2.34. The van der Waals surface area contributed by atoms with E-state index in [0.29, 0.717) is 0 Å². The van der Waals surface area contributed by atoms with Crippen LogP contribution < -0.4 is 10.5 Å². The molecule has 102 valence electrons. The van der Waals surface area contributed by atoms with Gasteiger partial charge in [-0.15, -0.1) is 0 Å². The zero-order valence-electron chi connectivity index (χ0n) is 9.76. The number of hydrogen-bond donors (Lipinski definition) is 2. The zero-order valence-corrected chi connectivity index (χ0v) is 11.3. The summed E-state index contributed by atoms with van der Waals surface area (Å²) in [6, 6.07) is 3.32. The Morgan fingerprint density at radius 2 is 2.16 bits per heavy atom. The molecule has 0 saturated heterocycles. The number of halogens is 2. The van der Waals surface area contributed by atoms with Crippen molar-refractivity contribution in [2.75, 3.05) is 10.5 Å². The first-order valence-corrected chi connectivity index (χ1v) is 6.92. The van der Waals surface area contributed by atoms with E-state index in [1.807, 2.05) is 0 Å². The van der Waals surface area contributed by atoms with Crippen LogP contribution in [-0.2, 0) is 17.1 Å². The van der Waals surface area contributed by atoms with Crippen molar-refractivity contribution in [1.82, 2.24) is 9.55 Å². The molecule has 0 bridgehead atoms. The lowest BCUT2D eigenvalue weighted by Gasteiger charge is -2.10. The minimum Gasteiger partial charge on any atom is -0.381 e. The molecule has 0 amide bonds. The largest absolute Gasteiger partial charge is 0.381 e. The molecule has 0 aliphatic heterocycles. The highest BCUT2D eigenvalue weighted by Gasteiger charge is 2.23. The van der Waals surface area contributed by atoms with E-state index < -0.39 is 15.8 Å². The molecule has 2 aromatic rings. The minimum atomic E-state index is -3.95. The number of hydrogen-bond acceptors (Lipinski definition) is 4. The van der Waals surface area contributed by atoms with Gasteiger partial charge in [0.1, 0.15) is 5.82 Å². The van der Waals surface area contributed by atoms with Crippen LogP contribution in [0.25, 0.3) is 0 Å². The Kier molecular flexibility index (Phi) is 3.38. The van der Waals surface area contributed by atoms with E-state index >= 15 is 0 Å². The molecule has 2 rings (SSSR count). The summed E-state index contributed by atoms with van der Waals surface area (Å²) in [6.07, 6.45) is 1.27. The van der Waals surface area contributed by atoms with Crippen molar-refractivity contribution >= 4 is 33.1 Å². The summed E-state index contributed by atoms with van der Waals surface area (Å²) >= 11 is 5.76. The molecule has 3 N–H and O–H groups in total. The Hall–Kier alpha value is -1.80. The number of nitrogens with one attached hydrogen (secondary N) is 1. The van der Waals surface area contributed by atoms with Gasteiger partial charge >= 0.3 is 0 Å². The highest BCUT2D eigenvalue weighted by molar-refractivity contribution is 7.92. The van der Waals surface area contributed by atoms with Crippen molar-refractivity contribution in [2.24, 2.45) is 7.05 Å². The van der Waals surface area contributed by atoms with E-state index in [1.165, 1.54) is 24.0 Å². The van der Waals surface area contributed by atoms with Gasteiger partial charge in [-0.3, -0.25) is 4.72 Å². The first kappa shape index (κ1) is 13.6. The molecular formula is C10H10ClFN4O2S. The van der Waals surface area contributed by atoms with Crippen LogP contribution >= 0.6 is 11.6 Å². The van der Waals surface area contributed by atoms with Crippen LogP contribution in [-0.4, -0.2) is 18.0 Å². The molecule has 0 saturated carbocycles. The van der Waals surface area contributed by atoms with Crippen molar-refractivity contribution in [3.8, 4) is 0 Å². The van der Waals surface area contributed by atoms with Gasteiger partial charge in [0.05, 0.1) is 17.0 Å². The standard InChI is InChI=1S/C10H10ClFN4O2S/c1-16-5-14-9(13)10(16)19(17,18)15-8-3-2-6(12)4-7(8)11/h2-5,15H,13H2,1H3. The van der Waals surface area contributed by atoms with Gasteiger partial charge in [-0.1, -0.05) is 11.6 Å². The third-order valence-corrected chi connectivity index (χ3v) is 4.15. The molecule has 0 radical (unpaired) electrons. The number of imidazole rings is 1. The van der Waals surface area contributed by atoms with E-state index in [9.17, 15) is 12.8 Å². The molecule has 0 unspecified atom stereocenters. The second-order valence-electron chi connectivity index (χ2n) is 3.78. The van der Waals surface area contributed by atoms with Crippen molar-refractivity contribution < 1.29 is 12.8 Å². The average molecular weight is 305 g/mol. The number of nitrogen functional groups attached to an aromatic ring is 1. The number of aromatic nitrogens is 2. The SMILES string of the molecule is Cn1cnc(N)c1S(=O)(=O)Nc1ccc(F)cc1Cl. The maximum absolute atomic E-state index is 12.9. The Balaban J connectivity index is 2.42. The lowest BCUT2D eigenvalue weighted by Crippen LogP contribution is -2.17. The van der Waals surface area contributed by atoms with Crippen LogP contribution in [0.4, 0.5) is 15.9 Å². The predicted molar refractivity (Wildman–Crippen MR) is 69.8 cm³/mol. The molecule has 6 nitrogen and oxygen atoms in total. The monoisotopic (exact) mass is 304 g/mol. The van der Waals surface area contributed by atoms with Gasteiger partial charge in [-0.25, -0.2) is 9.37 Å². The molecule has 1 heterocycles. The van der Waals surface area contributed by atoms with Crippen LogP contribution in [0, 0.1) is 5.82 Å². The molecule has 19 heavy (non-hydrogen) atoms. The molecular weight excluding hydrogens is 295 g/mol. The third kappa shape index (κ3) is 2.64. The van der Waals surface area contributed by atoms with Crippen molar-refractivity contribution in [2.45, 2.75) is 5.03 Å². The van der Waals surface area contributed by atoms with Crippen LogP contribution in [0.2, 0.25) is 5.02 Å². The Bertz CT molecular complexity index is 710. The molecule has 0 atom stereocenters. The first-order valence-electron chi connectivity index (χ1n) is 5.06. The lowest BCUT2D eigenvalue weighted by atomic mass is 10.3. The van der Waals surface area contributed by atoms with Gasteiger partial charge in [-0.05, 0) is 18.2 Å². The molecule has 0 aliphatic carbocycles. The molecule has 1 aromatic heterocycles. The first-order chi connectivity index (χ1) is 8.81. The summed E-state index contributed by atoms with van der Waals surface area (Å²) in [5.41, 5.74) is 5.56. The summed E-state index contributed by atoms with van der Waals surface area (Å²) in [7, 11) is -2.46. The highest BCUT2D eigenvalue weighted by atomic mass is 35.5. The Morgan fingerprint density at radius 1 is 1.47 bits per heavy atom. The molecule has 0 fully saturated rings. The summed E-state index contributed by atoms with van der Waals surface area (Å²) in [6.45, 7) is 0. The second kappa shape index (κ2) is 4.71. The number of anilines is 2. The number of benzene rings is 1. The number of nitrogens with zero attached hydrogens (tertiary/aromatic N) is 2. The van der Waals surface area contributed by atoms with Crippen molar-refractivity contribution in [3.63, 3.8) is 0 Å². The van der Waals surface area contributed by atoms with Gasteiger partial charge in [0.25, 0.3) is 10.0 Å². The fourth-order valence-electron chi connectivity index (χ4n) is 1.53. The van der Waals surface area contributed by atoms with E-state index in [1.54, 1.807) is 0 Å². The van der Waals surface area contributed by atoms with E-state index in [0.717, 1.165) is 12.1 Å². The molecule has 1 aromatic carbocycles. The fourth-order valence-corrected chi connectivity index (χ4v) is 3.12. The van der Waals surface area contributed by atoms with Crippen LogP contribution in [0.15, 0.2) is 29.6 Å². The lowest BCUT2D eigenvalue weighted by molar-refractivity contribution is 0.591. The summed E-state index contributed by atoms with van der Waals surface area (Å²) in [5, 5.41) is -0.239. The molecule has 9 heteroatoms. The van der Waals surface area contributed by atoms with Gasteiger partial charge in [0.15, 0.2) is 10.8 Å². The van der Waals surface area contributed by atoms with Crippen molar-refractivity contribution in [3.05, 3.63) is 35.4 Å². The van der Waals surface area contributed by atoms with E-state index in [4.69, 9.17) is 17.3 Å². The quantitative estimate of drug-likeness (QED) is 0.901. The molecule has 0 aliphatic rings. The Labute approximate surface area is 114 Å². The summed E-state index contributed by atoms with van der Waals surface area (Å²) in [5.74, 6) is -0.693. The molecule has 0 spiro atoms. The average Bonchev–Trinajstić information content (AvgIpc) is 2.63. The zero-order chi connectivity index (χ0) is 14.2. The van der Waals surface area contributed by atoms with Crippen LogP contribution in [0.1, 0.15) is 0 Å². The summed E-state index contributed by atoms with van der Waals surface area (Å²) in [4.78, 5) is 3.69. The van der Waals surface area contributed by atoms with Crippen LogP contribution in [0.3, 0.4) is 0 Å². The van der Waals surface area contributed by atoms with E-state index in [-0.39, 0.29) is 21.6 Å². The maximum atomic E-state index is 12.9. The van der Waals surface area contributed by atoms with Crippen molar-refractivity contribution in [1.29, 1.82) is 0 Å². The van der Waals surface area contributed by atoms with Gasteiger partial charge in [0.2, 0.25) is 0 Å². The van der Waals surface area contributed by atoms with Gasteiger partial charge in [0, 0.05) is 7.05 Å². The number of rotatable bonds is 3. The van der Waals surface area contributed by atoms with Gasteiger partial charge < -0.3 is 10.3 Å². The smallest absolute Gasteiger partial charge is 0.281 e. The maximum Gasteiger partial charge on any atom is 0.281 e. The topological polar surface area (TPSA) is 90.0 Å².